The van der Waals surface area contributed by atoms with Gasteiger partial charge in [0, 0.05) is 32.4 Å². The van der Waals surface area contributed by atoms with E-state index in [0.717, 1.165) is 22.2 Å². The van der Waals surface area contributed by atoms with E-state index in [1.165, 1.54) is 9.75 Å². The van der Waals surface area contributed by atoms with Gasteiger partial charge in [-0.1, -0.05) is 23.2 Å². The molecule has 1 aromatic heterocycles. The first-order valence-corrected chi connectivity index (χ1v) is 7.37. The van der Waals surface area contributed by atoms with Gasteiger partial charge in [0.25, 0.3) is 0 Å². The summed E-state index contributed by atoms with van der Waals surface area (Å²) < 4.78 is 0. The van der Waals surface area contributed by atoms with Crippen molar-refractivity contribution in [1.82, 2.24) is 5.32 Å². The molecule has 0 aliphatic heterocycles. The van der Waals surface area contributed by atoms with Gasteiger partial charge in [0.1, 0.15) is 0 Å². The lowest BCUT2D eigenvalue weighted by Gasteiger charge is -2.13. The normalized spacial score (nSPS) is 12.7. The molecule has 1 aromatic carbocycles. The highest BCUT2D eigenvalue weighted by atomic mass is 35.5. The smallest absolute Gasteiger partial charge is 0.0451 e. The molecule has 2 aromatic rings. The van der Waals surface area contributed by atoms with Gasteiger partial charge in [-0.15, -0.1) is 11.3 Å². The number of aryl methyl sites for hydroxylation is 1. The van der Waals surface area contributed by atoms with E-state index in [1.54, 1.807) is 6.07 Å². The molecule has 0 radical (unpaired) electrons. The molecule has 0 spiro atoms. The average molecular weight is 300 g/mol. The van der Waals surface area contributed by atoms with Gasteiger partial charge in [0.15, 0.2) is 0 Å². The first-order valence-electron chi connectivity index (χ1n) is 5.80. The van der Waals surface area contributed by atoms with Gasteiger partial charge in [-0.2, -0.15) is 0 Å². The topological polar surface area (TPSA) is 12.0 Å². The van der Waals surface area contributed by atoms with E-state index in [9.17, 15) is 0 Å². The molecule has 1 atom stereocenters. The minimum absolute atomic E-state index is 0.318. The molecule has 0 saturated heterocycles. The Morgan fingerprint density at radius 2 is 2.00 bits per heavy atom. The van der Waals surface area contributed by atoms with Gasteiger partial charge < -0.3 is 5.32 Å². The Balaban J connectivity index is 2.01. The van der Waals surface area contributed by atoms with Gasteiger partial charge in [0.2, 0.25) is 0 Å². The molecule has 0 fully saturated rings. The van der Waals surface area contributed by atoms with Crippen molar-refractivity contribution in [2.45, 2.75) is 26.4 Å². The van der Waals surface area contributed by atoms with Crippen LogP contribution in [0.15, 0.2) is 30.3 Å². The lowest BCUT2D eigenvalue weighted by molar-refractivity contribution is 0.583. The van der Waals surface area contributed by atoms with E-state index in [0.29, 0.717) is 6.04 Å². The highest BCUT2D eigenvalue weighted by molar-refractivity contribution is 7.12. The molecule has 0 bridgehead atoms. The third kappa shape index (κ3) is 3.48. The number of rotatable bonds is 4. The summed E-state index contributed by atoms with van der Waals surface area (Å²) in [6, 6.07) is 10.2. The van der Waals surface area contributed by atoms with E-state index in [-0.39, 0.29) is 0 Å². The van der Waals surface area contributed by atoms with Crippen LogP contribution in [0.1, 0.15) is 28.3 Å². The summed E-state index contributed by atoms with van der Waals surface area (Å²) in [5.74, 6) is 0. The second kappa shape index (κ2) is 6.07. The summed E-state index contributed by atoms with van der Waals surface area (Å²) in [5, 5.41) is 4.93. The quantitative estimate of drug-likeness (QED) is 0.817. The molecule has 0 amide bonds. The van der Waals surface area contributed by atoms with Crippen LogP contribution in [0.25, 0.3) is 0 Å². The number of nitrogens with one attached hydrogen (secondary N) is 1. The van der Waals surface area contributed by atoms with Gasteiger partial charge in [-0.05, 0) is 49.7 Å². The lowest BCUT2D eigenvalue weighted by Crippen LogP contribution is -2.17. The fourth-order valence-electron chi connectivity index (χ4n) is 1.73. The zero-order chi connectivity index (χ0) is 13.1. The Morgan fingerprint density at radius 3 is 2.67 bits per heavy atom. The summed E-state index contributed by atoms with van der Waals surface area (Å²) in [6.07, 6.45) is 0. The second-order valence-electron chi connectivity index (χ2n) is 4.29. The molecule has 1 N–H and O–H groups in total. The van der Waals surface area contributed by atoms with Crippen LogP contribution in [0.5, 0.6) is 0 Å². The Kier molecular flexibility index (Phi) is 4.68. The third-order valence-corrected chi connectivity index (χ3v) is 4.58. The molecule has 1 unspecified atom stereocenters. The Labute approximate surface area is 122 Å². The molecule has 0 aliphatic carbocycles. The van der Waals surface area contributed by atoms with E-state index >= 15 is 0 Å². The van der Waals surface area contributed by atoms with Crippen LogP contribution in [0.2, 0.25) is 10.0 Å². The zero-order valence-electron chi connectivity index (χ0n) is 10.3. The van der Waals surface area contributed by atoms with Crippen molar-refractivity contribution in [1.29, 1.82) is 0 Å². The van der Waals surface area contributed by atoms with Crippen molar-refractivity contribution >= 4 is 34.5 Å². The number of thiophene rings is 1. The molecule has 18 heavy (non-hydrogen) atoms. The Morgan fingerprint density at radius 1 is 1.22 bits per heavy atom. The molecule has 0 saturated carbocycles. The number of hydrogen-bond donors (Lipinski definition) is 1. The van der Waals surface area contributed by atoms with E-state index < -0.39 is 0 Å². The van der Waals surface area contributed by atoms with Gasteiger partial charge in [0.05, 0.1) is 0 Å². The predicted molar refractivity (Wildman–Crippen MR) is 80.8 cm³/mol. The van der Waals surface area contributed by atoms with Crippen LogP contribution in [0.3, 0.4) is 0 Å². The fourth-order valence-corrected chi connectivity index (χ4v) is 3.01. The minimum Gasteiger partial charge on any atom is -0.305 e. The Bertz CT molecular complexity index is 536. The first kappa shape index (κ1) is 13.9. The predicted octanol–water partition coefficient (Wildman–Crippen LogP) is 5.21. The maximum absolute atomic E-state index is 6.13. The summed E-state index contributed by atoms with van der Waals surface area (Å²) in [6.45, 7) is 5.00. The van der Waals surface area contributed by atoms with Crippen molar-refractivity contribution in [3.63, 3.8) is 0 Å². The third-order valence-electron chi connectivity index (χ3n) is 2.79. The van der Waals surface area contributed by atoms with Crippen LogP contribution in [-0.4, -0.2) is 0 Å². The lowest BCUT2D eigenvalue weighted by atomic mass is 10.2. The average Bonchev–Trinajstić information content (AvgIpc) is 2.77. The molecule has 1 nitrogen and oxygen atoms in total. The number of hydrogen-bond acceptors (Lipinski definition) is 2. The first-order chi connectivity index (χ1) is 8.56. The molecule has 1 heterocycles. The SMILES string of the molecule is Cc1ccc(C(C)NCc2cc(Cl)ccc2Cl)s1. The van der Waals surface area contributed by atoms with Crippen molar-refractivity contribution < 1.29 is 0 Å². The van der Waals surface area contributed by atoms with Crippen molar-refractivity contribution in [3.05, 3.63) is 55.7 Å². The van der Waals surface area contributed by atoms with E-state index in [2.05, 4.69) is 31.3 Å². The standard InChI is InChI=1S/C14H15Cl2NS/c1-9-3-6-14(18-9)10(2)17-8-11-7-12(15)4-5-13(11)16/h3-7,10,17H,8H2,1-2H3. The van der Waals surface area contributed by atoms with Crippen molar-refractivity contribution in [2.24, 2.45) is 0 Å². The van der Waals surface area contributed by atoms with Crippen molar-refractivity contribution in [3.8, 4) is 0 Å². The maximum atomic E-state index is 6.13. The molecular formula is C14H15Cl2NS. The summed E-state index contributed by atoms with van der Waals surface area (Å²) in [4.78, 5) is 2.67. The van der Waals surface area contributed by atoms with Gasteiger partial charge >= 0.3 is 0 Å². The molecule has 4 heteroatoms. The number of halogens is 2. The monoisotopic (exact) mass is 299 g/mol. The maximum Gasteiger partial charge on any atom is 0.0451 e. The van der Waals surface area contributed by atoms with Crippen molar-refractivity contribution in [2.75, 3.05) is 0 Å². The van der Waals surface area contributed by atoms with Gasteiger partial charge in [-0.25, -0.2) is 0 Å². The Hall–Kier alpha value is -0.540. The summed E-state index contributed by atoms with van der Waals surface area (Å²) in [5.41, 5.74) is 1.03. The number of benzene rings is 1. The molecule has 2 rings (SSSR count). The molecule has 96 valence electrons. The van der Waals surface area contributed by atoms with E-state index in [1.807, 2.05) is 23.5 Å². The summed E-state index contributed by atoms with van der Waals surface area (Å²) >= 11 is 13.9. The van der Waals surface area contributed by atoms with Crippen LogP contribution in [0, 0.1) is 6.92 Å². The fraction of sp³-hybridized carbons (Fsp3) is 0.286. The molecular weight excluding hydrogens is 285 g/mol. The van der Waals surface area contributed by atoms with E-state index in [4.69, 9.17) is 23.2 Å². The summed E-state index contributed by atoms with van der Waals surface area (Å²) in [7, 11) is 0. The van der Waals surface area contributed by atoms with Crippen LogP contribution < -0.4 is 5.32 Å². The minimum atomic E-state index is 0.318. The second-order valence-corrected chi connectivity index (χ2v) is 6.45. The highest BCUT2D eigenvalue weighted by Gasteiger charge is 2.08. The largest absolute Gasteiger partial charge is 0.305 e. The van der Waals surface area contributed by atoms with Gasteiger partial charge in [-0.3, -0.25) is 0 Å². The van der Waals surface area contributed by atoms with Crippen LogP contribution in [-0.2, 0) is 6.54 Å². The zero-order valence-corrected chi connectivity index (χ0v) is 12.7. The highest BCUT2D eigenvalue weighted by Crippen LogP contribution is 2.24. The van der Waals surface area contributed by atoms with Crippen LogP contribution >= 0.6 is 34.5 Å². The molecule has 0 aliphatic rings. The van der Waals surface area contributed by atoms with Crippen LogP contribution in [0.4, 0.5) is 0 Å².